The van der Waals surface area contributed by atoms with Crippen molar-refractivity contribution in [2.75, 3.05) is 30.5 Å². The standard InChI is InChI=1S/C7H12O3.C6H16OS.C2H6/c8-4-6-1-2-10-7(3-6)5-9;1-4-8(7,5-2)6-3;1-2/h5-8H,1-4H2;7H,4-6H2,1-3H3;1-2H3/t6?,7-;;/m0../s1. The van der Waals surface area contributed by atoms with Gasteiger partial charge in [-0.15, -0.1) is 10.3 Å². The Morgan fingerprint density at radius 3 is 2.00 bits per heavy atom. The molecule has 1 unspecified atom stereocenters. The zero-order valence-corrected chi connectivity index (χ0v) is 14.6. The van der Waals surface area contributed by atoms with Crippen molar-refractivity contribution < 1.29 is 19.2 Å². The molecule has 0 aromatic rings. The van der Waals surface area contributed by atoms with Gasteiger partial charge in [-0.3, -0.25) is 0 Å². The van der Waals surface area contributed by atoms with Crippen molar-refractivity contribution in [1.29, 1.82) is 0 Å². The second-order valence-corrected chi connectivity index (χ2v) is 8.22. The van der Waals surface area contributed by atoms with Gasteiger partial charge in [0.25, 0.3) is 0 Å². The highest BCUT2D eigenvalue weighted by atomic mass is 32.3. The molecule has 4 nitrogen and oxygen atoms in total. The number of aldehydes is 1. The SMILES string of the molecule is CC.CCS(O)(CC)CC.O=C[C@@H]1CC(CO)CCO1. The maximum absolute atomic E-state index is 10.2. The van der Waals surface area contributed by atoms with Crippen LogP contribution in [0.25, 0.3) is 0 Å². The number of carbonyl (C=O) groups excluding carboxylic acids is 1. The maximum Gasteiger partial charge on any atom is 0.148 e. The quantitative estimate of drug-likeness (QED) is 0.764. The predicted molar refractivity (Wildman–Crippen MR) is 88.8 cm³/mol. The molecule has 5 heteroatoms. The fourth-order valence-corrected chi connectivity index (χ4v) is 3.00. The summed E-state index contributed by atoms with van der Waals surface area (Å²) < 4.78 is 14.6. The fraction of sp³-hybridized carbons (Fsp3) is 0.933. The molecule has 0 saturated carbocycles. The summed E-state index contributed by atoms with van der Waals surface area (Å²) in [6.07, 6.45) is 2.09. The second-order valence-electron chi connectivity index (χ2n) is 4.48. The smallest absolute Gasteiger partial charge is 0.148 e. The Morgan fingerprint density at radius 1 is 1.20 bits per heavy atom. The van der Waals surface area contributed by atoms with Crippen LogP contribution < -0.4 is 0 Å². The van der Waals surface area contributed by atoms with Crippen LogP contribution in [0.2, 0.25) is 0 Å². The van der Waals surface area contributed by atoms with E-state index >= 15 is 0 Å². The minimum Gasteiger partial charge on any atom is -0.396 e. The number of aliphatic hydroxyl groups is 1. The first-order valence-electron chi connectivity index (χ1n) is 7.71. The molecule has 1 rings (SSSR count). The summed E-state index contributed by atoms with van der Waals surface area (Å²) >= 11 is 0. The van der Waals surface area contributed by atoms with E-state index in [1.54, 1.807) is 0 Å². The second kappa shape index (κ2) is 13.9. The normalized spacial score (nSPS) is 22.8. The third-order valence-electron chi connectivity index (χ3n) is 3.45. The summed E-state index contributed by atoms with van der Waals surface area (Å²) in [6, 6.07) is 0. The Bertz CT molecular complexity index is 212. The molecule has 124 valence electrons. The van der Waals surface area contributed by atoms with Crippen LogP contribution in [0.3, 0.4) is 0 Å². The summed E-state index contributed by atoms with van der Waals surface area (Å²) in [4.78, 5) is 10.2. The molecule has 1 aliphatic rings. The van der Waals surface area contributed by atoms with Crippen molar-refractivity contribution >= 4 is 16.6 Å². The third-order valence-corrected chi connectivity index (χ3v) is 6.67. The van der Waals surface area contributed by atoms with Crippen molar-refractivity contribution in [3.8, 4) is 0 Å². The molecule has 0 aromatic heterocycles. The van der Waals surface area contributed by atoms with Gasteiger partial charge in [0.15, 0.2) is 0 Å². The van der Waals surface area contributed by atoms with Gasteiger partial charge in [0.05, 0.1) is 0 Å². The molecule has 0 aromatic carbocycles. The summed E-state index contributed by atoms with van der Waals surface area (Å²) in [5, 5.41) is 8.73. The van der Waals surface area contributed by atoms with Crippen LogP contribution in [0, 0.1) is 5.92 Å². The van der Waals surface area contributed by atoms with E-state index in [0.717, 1.165) is 30.0 Å². The van der Waals surface area contributed by atoms with Gasteiger partial charge in [0.2, 0.25) is 0 Å². The Morgan fingerprint density at radius 2 is 1.70 bits per heavy atom. The highest BCUT2D eigenvalue weighted by molar-refractivity contribution is 8.29. The molecule has 1 aliphatic heterocycles. The number of hydrogen-bond acceptors (Lipinski definition) is 4. The minimum absolute atomic E-state index is 0.174. The minimum atomic E-state index is -1.15. The van der Waals surface area contributed by atoms with Crippen LogP contribution >= 0.6 is 10.3 Å². The van der Waals surface area contributed by atoms with Crippen LogP contribution in [0.5, 0.6) is 0 Å². The summed E-state index contributed by atoms with van der Waals surface area (Å²) in [5.74, 6) is 3.14. The highest BCUT2D eigenvalue weighted by Crippen LogP contribution is 2.41. The number of carbonyl (C=O) groups is 1. The molecule has 0 radical (unpaired) electrons. The predicted octanol–water partition coefficient (Wildman–Crippen LogP) is 3.32. The van der Waals surface area contributed by atoms with Crippen LogP contribution in [0.1, 0.15) is 47.5 Å². The highest BCUT2D eigenvalue weighted by Gasteiger charge is 2.20. The first kappa shape index (κ1) is 22.2. The van der Waals surface area contributed by atoms with E-state index in [2.05, 4.69) is 20.8 Å². The lowest BCUT2D eigenvalue weighted by atomic mass is 9.97. The lowest BCUT2D eigenvalue weighted by Gasteiger charge is -2.29. The maximum atomic E-state index is 10.2. The molecule has 0 amide bonds. The molecule has 0 spiro atoms. The van der Waals surface area contributed by atoms with Crippen LogP contribution in [-0.2, 0) is 9.53 Å². The Balaban J connectivity index is 0. The van der Waals surface area contributed by atoms with Gasteiger partial charge < -0.3 is 19.2 Å². The summed E-state index contributed by atoms with van der Waals surface area (Å²) in [6.45, 7) is 11.0. The van der Waals surface area contributed by atoms with E-state index in [1.165, 1.54) is 0 Å². The molecule has 20 heavy (non-hydrogen) atoms. The largest absolute Gasteiger partial charge is 0.396 e. The zero-order valence-electron chi connectivity index (χ0n) is 13.8. The van der Waals surface area contributed by atoms with Gasteiger partial charge in [-0.1, -0.05) is 34.6 Å². The van der Waals surface area contributed by atoms with E-state index in [9.17, 15) is 9.35 Å². The number of rotatable bonds is 5. The lowest BCUT2D eigenvalue weighted by Crippen LogP contribution is -2.28. The summed E-state index contributed by atoms with van der Waals surface area (Å²) in [5.41, 5.74) is 0. The Kier molecular flexibility index (Phi) is 15.4. The van der Waals surface area contributed by atoms with E-state index in [4.69, 9.17) is 9.84 Å². The monoisotopic (exact) mass is 310 g/mol. The number of ether oxygens (including phenoxy) is 1. The molecule has 1 fully saturated rings. The fourth-order valence-electron chi connectivity index (χ4n) is 1.77. The first-order valence-corrected chi connectivity index (χ1v) is 9.81. The molecule has 0 aliphatic carbocycles. The van der Waals surface area contributed by atoms with E-state index in [1.807, 2.05) is 13.8 Å². The van der Waals surface area contributed by atoms with Crippen molar-refractivity contribution in [2.24, 2.45) is 5.92 Å². The average Bonchev–Trinajstić information content (AvgIpc) is 2.56. The summed E-state index contributed by atoms with van der Waals surface area (Å²) in [7, 11) is -1.15. The lowest BCUT2D eigenvalue weighted by molar-refractivity contribution is -0.122. The van der Waals surface area contributed by atoms with Crippen molar-refractivity contribution in [3.63, 3.8) is 0 Å². The molecule has 2 atom stereocenters. The zero-order chi connectivity index (χ0) is 16.0. The molecule has 2 N–H and O–H groups in total. The molecule has 1 saturated heterocycles. The topological polar surface area (TPSA) is 66.8 Å². The third kappa shape index (κ3) is 9.75. The van der Waals surface area contributed by atoms with Crippen molar-refractivity contribution in [3.05, 3.63) is 0 Å². The number of hydrogen-bond donors (Lipinski definition) is 2. The van der Waals surface area contributed by atoms with Crippen molar-refractivity contribution in [1.82, 2.24) is 0 Å². The number of aliphatic hydroxyl groups excluding tert-OH is 1. The van der Waals surface area contributed by atoms with Crippen LogP contribution in [-0.4, -0.2) is 52.5 Å². The molecule has 1 heterocycles. The Hall–Kier alpha value is -0.100. The van der Waals surface area contributed by atoms with Crippen molar-refractivity contribution in [2.45, 2.75) is 53.6 Å². The van der Waals surface area contributed by atoms with E-state index in [0.29, 0.717) is 13.0 Å². The van der Waals surface area contributed by atoms with Gasteiger partial charge in [0, 0.05) is 13.2 Å². The van der Waals surface area contributed by atoms with Gasteiger partial charge in [-0.05, 0) is 36.0 Å². The first-order chi connectivity index (χ1) is 9.55. The van der Waals surface area contributed by atoms with Crippen LogP contribution in [0.4, 0.5) is 0 Å². The van der Waals surface area contributed by atoms with E-state index < -0.39 is 10.3 Å². The van der Waals surface area contributed by atoms with Crippen LogP contribution in [0.15, 0.2) is 0 Å². The Labute approximate surface area is 126 Å². The van der Waals surface area contributed by atoms with Gasteiger partial charge in [-0.2, -0.15) is 0 Å². The molecule has 0 bridgehead atoms. The van der Waals surface area contributed by atoms with Gasteiger partial charge in [-0.25, -0.2) is 0 Å². The molecular weight excluding hydrogens is 276 g/mol. The molecular formula is C15H34O4S. The van der Waals surface area contributed by atoms with E-state index in [-0.39, 0.29) is 18.6 Å². The van der Waals surface area contributed by atoms with Gasteiger partial charge in [0.1, 0.15) is 12.4 Å². The average molecular weight is 311 g/mol. The van der Waals surface area contributed by atoms with Gasteiger partial charge >= 0.3 is 0 Å².